The number of aromatic nitrogens is 3. The van der Waals surface area contributed by atoms with Crippen molar-refractivity contribution < 1.29 is 28.2 Å². The molecule has 2 aromatic heterocycles. The molecule has 4 fully saturated rings. The summed E-state index contributed by atoms with van der Waals surface area (Å²) in [6.45, 7) is 6.71. The van der Waals surface area contributed by atoms with Crippen molar-refractivity contribution in [2.45, 2.75) is 56.1 Å². The van der Waals surface area contributed by atoms with Gasteiger partial charge in [-0.2, -0.15) is 9.97 Å². The number of carbonyl (C=O) groups is 2. The second-order valence-corrected chi connectivity index (χ2v) is 15.2. The largest absolute Gasteiger partial charge is 0.508 e. The van der Waals surface area contributed by atoms with Crippen LogP contribution < -0.4 is 15.0 Å². The molecule has 0 spiro atoms. The lowest BCUT2D eigenvalue weighted by Gasteiger charge is -2.42. The van der Waals surface area contributed by atoms with E-state index in [1.54, 1.807) is 24.3 Å². The van der Waals surface area contributed by atoms with Crippen LogP contribution in [0, 0.1) is 24.0 Å². The minimum atomic E-state index is -0.795. The molecule has 4 aliphatic heterocycles. The number of fused-ring (bicyclic) bond motifs is 5. The van der Waals surface area contributed by atoms with E-state index < -0.39 is 11.6 Å². The average Bonchev–Trinajstić information content (AvgIpc) is 3.87. The highest BCUT2D eigenvalue weighted by atomic mass is 19.1. The molecule has 11 nitrogen and oxygen atoms in total. The van der Waals surface area contributed by atoms with Crippen molar-refractivity contribution in [3.63, 3.8) is 0 Å². The lowest BCUT2D eigenvalue weighted by Crippen LogP contribution is -2.56. The van der Waals surface area contributed by atoms with Crippen LogP contribution in [-0.4, -0.2) is 92.1 Å². The summed E-state index contributed by atoms with van der Waals surface area (Å²) in [7, 11) is 0. The van der Waals surface area contributed by atoms with Crippen LogP contribution in [-0.2, 0) is 4.79 Å². The number of anilines is 2. The lowest BCUT2D eigenvalue weighted by molar-refractivity contribution is -0.111. The molecule has 6 heterocycles. The molecule has 0 radical (unpaired) electrons. The van der Waals surface area contributed by atoms with Crippen molar-refractivity contribution in [1.29, 1.82) is 0 Å². The summed E-state index contributed by atoms with van der Waals surface area (Å²) in [5.74, 6) is 0.700. The molecule has 2 amide bonds. The summed E-state index contributed by atoms with van der Waals surface area (Å²) in [6.07, 6.45) is 14.1. The molecule has 3 aromatic carbocycles. The normalized spacial score (nSPS) is 19.9. The molecule has 284 valence electrons. The van der Waals surface area contributed by atoms with Crippen LogP contribution in [0.15, 0.2) is 67.4 Å². The first kappa shape index (κ1) is 35.6. The molecule has 56 heavy (non-hydrogen) atoms. The third kappa shape index (κ3) is 5.96. The number of pyridine rings is 1. The minimum Gasteiger partial charge on any atom is -0.508 e. The number of ether oxygens (including phenoxy) is 1. The van der Waals surface area contributed by atoms with Crippen LogP contribution in [0.2, 0.25) is 0 Å². The van der Waals surface area contributed by atoms with Crippen LogP contribution in [0.4, 0.5) is 20.3 Å². The van der Waals surface area contributed by atoms with E-state index in [2.05, 4.69) is 37.6 Å². The number of hydrogen-bond acceptors (Lipinski definition) is 9. The topological polar surface area (TPSA) is 124 Å². The maximum absolute atomic E-state index is 17.1. The maximum atomic E-state index is 17.1. The van der Waals surface area contributed by atoms with Crippen molar-refractivity contribution >= 4 is 45.0 Å². The van der Waals surface area contributed by atoms with Crippen molar-refractivity contribution in [1.82, 2.24) is 24.8 Å². The quantitative estimate of drug-likeness (QED) is 0.136. The number of benzene rings is 3. The van der Waals surface area contributed by atoms with Gasteiger partial charge in [-0.1, -0.05) is 24.6 Å². The van der Waals surface area contributed by atoms with Gasteiger partial charge in [0.05, 0.1) is 28.6 Å². The first-order chi connectivity index (χ1) is 27.2. The summed E-state index contributed by atoms with van der Waals surface area (Å²) < 4.78 is 38.6. The molecule has 2 N–H and O–H groups in total. The number of hydrogen-bond donors (Lipinski definition) is 2. The summed E-state index contributed by atoms with van der Waals surface area (Å²) in [4.78, 5) is 46.5. The summed E-state index contributed by atoms with van der Waals surface area (Å²) >= 11 is 0. The smallest absolute Gasteiger partial charge is 0.319 e. The first-order valence-electron chi connectivity index (χ1n) is 18.9. The Kier molecular flexibility index (Phi) is 8.81. The maximum Gasteiger partial charge on any atom is 0.319 e. The molecule has 9 rings (SSSR count). The number of nitrogens with zero attached hydrogens (tertiary/aromatic N) is 6. The molecule has 0 saturated carbocycles. The Labute approximate surface area is 322 Å². The van der Waals surface area contributed by atoms with Crippen LogP contribution in [0.1, 0.15) is 54.4 Å². The second kappa shape index (κ2) is 13.9. The molecular formula is C43H39F2N7O4. The van der Waals surface area contributed by atoms with Crippen LogP contribution >= 0.6 is 0 Å². The van der Waals surface area contributed by atoms with Crippen LogP contribution in [0.25, 0.3) is 32.9 Å². The van der Waals surface area contributed by atoms with Crippen molar-refractivity contribution in [3.05, 3.63) is 90.1 Å². The van der Waals surface area contributed by atoms with Gasteiger partial charge in [-0.3, -0.25) is 19.5 Å². The Bertz CT molecular complexity index is 2480. The van der Waals surface area contributed by atoms with Crippen LogP contribution in [0.3, 0.4) is 0 Å². The van der Waals surface area contributed by atoms with Gasteiger partial charge in [0.15, 0.2) is 5.82 Å². The van der Waals surface area contributed by atoms with Gasteiger partial charge in [-0.15, -0.1) is 6.42 Å². The van der Waals surface area contributed by atoms with Gasteiger partial charge in [-0.05, 0) is 99.5 Å². The molecular weight excluding hydrogens is 717 g/mol. The van der Waals surface area contributed by atoms with E-state index in [0.717, 1.165) is 51.6 Å². The van der Waals surface area contributed by atoms with E-state index in [1.165, 1.54) is 36.5 Å². The fourth-order valence-corrected chi connectivity index (χ4v) is 9.41. The number of nitrogens with one attached hydrogen (secondary N) is 1. The van der Waals surface area contributed by atoms with Gasteiger partial charge in [0.1, 0.15) is 35.2 Å². The molecule has 0 aliphatic carbocycles. The number of halogens is 2. The van der Waals surface area contributed by atoms with E-state index in [1.807, 2.05) is 4.90 Å². The molecule has 4 saturated heterocycles. The fraction of sp³-hybridized carbons (Fsp3) is 0.326. The number of aromatic hydroxyl groups is 1. The van der Waals surface area contributed by atoms with Crippen molar-refractivity contribution in [2.24, 2.45) is 0 Å². The Hall–Kier alpha value is -6.13. The zero-order valence-electron chi connectivity index (χ0n) is 30.6. The minimum absolute atomic E-state index is 0.0250. The van der Waals surface area contributed by atoms with E-state index in [-0.39, 0.29) is 68.9 Å². The number of carbonyl (C=O) groups excluding carboxylic acids is 2. The average molecular weight is 756 g/mol. The highest BCUT2D eigenvalue weighted by molar-refractivity contribution is 6.03. The summed E-state index contributed by atoms with van der Waals surface area (Å²) in [5, 5.41) is 14.4. The van der Waals surface area contributed by atoms with E-state index in [4.69, 9.17) is 16.1 Å². The van der Waals surface area contributed by atoms with Gasteiger partial charge in [-0.25, -0.2) is 8.78 Å². The monoisotopic (exact) mass is 755 g/mol. The zero-order valence-corrected chi connectivity index (χ0v) is 30.6. The SMILES string of the molecule is C#Cc1c(F)ccc2cc(O)cc(-c3ncc4c(N5CC6CCC(C5)N6C(=O)c5cccc(NC(=O)C=C)c5)nc(OCC56CCCN5CCC6)nc4c3F)c12. The van der Waals surface area contributed by atoms with Gasteiger partial charge >= 0.3 is 6.01 Å². The lowest BCUT2D eigenvalue weighted by atomic mass is 9.95. The summed E-state index contributed by atoms with van der Waals surface area (Å²) in [5.41, 5.74) is 0.694. The Balaban J connectivity index is 1.11. The fourth-order valence-electron chi connectivity index (χ4n) is 9.41. The zero-order chi connectivity index (χ0) is 38.7. The van der Waals surface area contributed by atoms with Crippen LogP contribution in [0.5, 0.6) is 11.8 Å². The number of phenolic OH excluding ortho intramolecular Hbond substituents is 1. The van der Waals surface area contributed by atoms with Gasteiger partial charge in [0, 0.05) is 41.5 Å². The third-order valence-corrected chi connectivity index (χ3v) is 12.0. The molecule has 5 aromatic rings. The third-order valence-electron chi connectivity index (χ3n) is 12.0. The van der Waals surface area contributed by atoms with E-state index in [9.17, 15) is 19.1 Å². The second-order valence-electron chi connectivity index (χ2n) is 15.2. The number of piperazine rings is 1. The standard InChI is InChI=1S/C43H39F2N7O4/c1-3-31-34(44)13-10-25-19-30(53)20-32(36(25)31)38-37(45)39-33(21-46-38)40(49-42(48-39)56-24-43-14-6-16-51(43)17-7-15-43)50-22-28-11-12-29(23-50)52(28)41(55)26-8-5-9-27(18-26)47-35(54)4-2/h1,4-5,8-10,13,18-21,28-29,53H,2,6-7,11-12,14-17,22-24H2,(H,47,54). The molecule has 2 bridgehead atoms. The Morgan fingerprint density at radius 2 is 1.84 bits per heavy atom. The van der Waals surface area contributed by atoms with Crippen molar-refractivity contribution in [2.75, 3.05) is 43.0 Å². The van der Waals surface area contributed by atoms with Gasteiger partial charge < -0.3 is 25.0 Å². The highest BCUT2D eigenvalue weighted by Crippen LogP contribution is 2.42. The number of phenols is 1. The summed E-state index contributed by atoms with van der Waals surface area (Å²) in [6, 6.07) is 12.0. The number of terminal acetylenes is 1. The predicted octanol–water partition coefficient (Wildman–Crippen LogP) is 6.44. The first-order valence-corrected chi connectivity index (χ1v) is 18.9. The van der Waals surface area contributed by atoms with Gasteiger partial charge in [0.2, 0.25) is 5.91 Å². The Morgan fingerprint density at radius 3 is 2.57 bits per heavy atom. The molecule has 2 unspecified atom stereocenters. The molecule has 13 heteroatoms. The highest BCUT2D eigenvalue weighted by Gasteiger charge is 2.46. The predicted molar refractivity (Wildman–Crippen MR) is 209 cm³/mol. The molecule has 4 aliphatic rings. The van der Waals surface area contributed by atoms with Gasteiger partial charge in [0.25, 0.3) is 5.91 Å². The van der Waals surface area contributed by atoms with E-state index >= 15 is 4.39 Å². The van der Waals surface area contributed by atoms with E-state index in [0.29, 0.717) is 47.5 Å². The van der Waals surface area contributed by atoms with Crippen molar-refractivity contribution in [3.8, 4) is 35.4 Å². The number of rotatable bonds is 8. The number of amides is 2. The molecule has 2 atom stereocenters. The Morgan fingerprint density at radius 1 is 1.07 bits per heavy atom.